The highest BCUT2D eigenvalue weighted by molar-refractivity contribution is 4.97. The number of nitrogens with zero attached hydrogens (tertiary/aromatic N) is 1. The van der Waals surface area contributed by atoms with E-state index in [4.69, 9.17) is 4.74 Å². The fourth-order valence-electron chi connectivity index (χ4n) is 2.78. The molecule has 2 saturated heterocycles. The molecule has 0 amide bonds. The van der Waals surface area contributed by atoms with Crippen LogP contribution in [0.5, 0.6) is 0 Å². The van der Waals surface area contributed by atoms with Crippen LogP contribution in [0.2, 0.25) is 0 Å². The first-order chi connectivity index (χ1) is 6.11. The molecule has 0 radical (unpaired) electrons. The molecule has 0 bridgehead atoms. The number of rotatable bonds is 1. The molecule has 2 aliphatic heterocycles. The van der Waals surface area contributed by atoms with E-state index in [2.05, 4.69) is 25.7 Å². The standard InChI is InChI=1S/C11H21NO/c1-9(2)12-6-4-5-11(8-12)7-10(3)13-11/h9-10H,4-8H2,1-3H3. The van der Waals surface area contributed by atoms with Gasteiger partial charge in [0.05, 0.1) is 11.7 Å². The molecule has 0 saturated carbocycles. The van der Waals surface area contributed by atoms with Crippen molar-refractivity contribution in [1.29, 1.82) is 0 Å². The highest BCUT2D eigenvalue weighted by atomic mass is 16.5. The Bertz CT molecular complexity index is 179. The minimum atomic E-state index is 0.252. The summed E-state index contributed by atoms with van der Waals surface area (Å²) >= 11 is 0. The van der Waals surface area contributed by atoms with Gasteiger partial charge in [-0.1, -0.05) is 0 Å². The summed E-state index contributed by atoms with van der Waals surface area (Å²) in [5.41, 5.74) is 0.252. The van der Waals surface area contributed by atoms with Crippen LogP contribution < -0.4 is 0 Å². The van der Waals surface area contributed by atoms with Gasteiger partial charge in [-0.25, -0.2) is 0 Å². The van der Waals surface area contributed by atoms with Gasteiger partial charge in [0.25, 0.3) is 0 Å². The Balaban J connectivity index is 1.93. The van der Waals surface area contributed by atoms with E-state index in [9.17, 15) is 0 Å². The highest BCUT2D eigenvalue weighted by Crippen LogP contribution is 2.39. The molecule has 76 valence electrons. The summed E-state index contributed by atoms with van der Waals surface area (Å²) in [6.07, 6.45) is 4.37. The Morgan fingerprint density at radius 1 is 1.46 bits per heavy atom. The number of hydrogen-bond acceptors (Lipinski definition) is 2. The van der Waals surface area contributed by atoms with Crippen molar-refractivity contribution in [2.24, 2.45) is 0 Å². The molecule has 2 nitrogen and oxygen atoms in total. The van der Waals surface area contributed by atoms with Gasteiger partial charge in [0.1, 0.15) is 0 Å². The minimum absolute atomic E-state index is 0.252. The summed E-state index contributed by atoms with van der Waals surface area (Å²) in [4.78, 5) is 2.55. The second-order valence-corrected chi connectivity index (χ2v) is 4.98. The molecule has 2 aliphatic rings. The van der Waals surface area contributed by atoms with Crippen molar-refractivity contribution < 1.29 is 4.74 Å². The van der Waals surface area contributed by atoms with Crippen LogP contribution in [0.4, 0.5) is 0 Å². The number of piperidine rings is 1. The van der Waals surface area contributed by atoms with Gasteiger partial charge in [0.2, 0.25) is 0 Å². The average molecular weight is 183 g/mol. The van der Waals surface area contributed by atoms with Crippen LogP contribution in [-0.4, -0.2) is 35.7 Å². The van der Waals surface area contributed by atoms with E-state index >= 15 is 0 Å². The van der Waals surface area contributed by atoms with Crippen molar-refractivity contribution in [3.05, 3.63) is 0 Å². The lowest BCUT2D eigenvalue weighted by atomic mass is 9.82. The van der Waals surface area contributed by atoms with E-state index in [1.54, 1.807) is 0 Å². The second kappa shape index (κ2) is 3.25. The second-order valence-electron chi connectivity index (χ2n) is 4.98. The van der Waals surface area contributed by atoms with Crippen LogP contribution in [0.25, 0.3) is 0 Å². The Morgan fingerprint density at radius 2 is 2.15 bits per heavy atom. The molecule has 13 heavy (non-hydrogen) atoms. The minimum Gasteiger partial charge on any atom is -0.371 e. The van der Waals surface area contributed by atoms with Crippen LogP contribution >= 0.6 is 0 Å². The zero-order chi connectivity index (χ0) is 9.47. The van der Waals surface area contributed by atoms with Gasteiger partial charge in [-0.2, -0.15) is 0 Å². The van der Waals surface area contributed by atoms with E-state index < -0.39 is 0 Å². The van der Waals surface area contributed by atoms with Gasteiger partial charge < -0.3 is 4.74 Å². The van der Waals surface area contributed by atoms with Crippen LogP contribution in [-0.2, 0) is 4.74 Å². The summed E-state index contributed by atoms with van der Waals surface area (Å²) in [5, 5.41) is 0. The normalized spacial score (nSPS) is 41.1. The third-order valence-electron chi connectivity index (χ3n) is 3.41. The van der Waals surface area contributed by atoms with Crippen LogP contribution in [0.1, 0.15) is 40.0 Å². The quantitative estimate of drug-likeness (QED) is 0.617. The number of ether oxygens (including phenoxy) is 1. The molecule has 2 rings (SSSR count). The Labute approximate surface area is 81.3 Å². The largest absolute Gasteiger partial charge is 0.371 e. The monoisotopic (exact) mass is 183 g/mol. The summed E-state index contributed by atoms with van der Waals surface area (Å²) in [6.45, 7) is 9.16. The number of likely N-dealkylation sites (tertiary alicyclic amines) is 1. The maximum atomic E-state index is 5.91. The van der Waals surface area contributed by atoms with E-state index in [1.807, 2.05) is 0 Å². The van der Waals surface area contributed by atoms with Gasteiger partial charge >= 0.3 is 0 Å². The smallest absolute Gasteiger partial charge is 0.0837 e. The molecule has 0 aromatic carbocycles. The molecule has 2 fully saturated rings. The molecular formula is C11H21NO. The zero-order valence-electron chi connectivity index (χ0n) is 9.05. The predicted octanol–water partition coefficient (Wildman–Crippen LogP) is 2.04. The molecule has 1 spiro atoms. The Morgan fingerprint density at radius 3 is 2.69 bits per heavy atom. The third kappa shape index (κ3) is 1.75. The van der Waals surface area contributed by atoms with Crippen LogP contribution in [0.15, 0.2) is 0 Å². The van der Waals surface area contributed by atoms with Crippen molar-refractivity contribution in [2.45, 2.75) is 57.8 Å². The molecule has 2 heteroatoms. The molecule has 0 N–H and O–H groups in total. The van der Waals surface area contributed by atoms with Crippen molar-refractivity contribution in [3.63, 3.8) is 0 Å². The maximum absolute atomic E-state index is 5.91. The van der Waals surface area contributed by atoms with E-state index in [0.29, 0.717) is 12.1 Å². The first kappa shape index (κ1) is 9.47. The number of hydrogen-bond donors (Lipinski definition) is 0. The van der Waals surface area contributed by atoms with Gasteiger partial charge in [-0.3, -0.25) is 4.90 Å². The highest BCUT2D eigenvalue weighted by Gasteiger charge is 2.46. The van der Waals surface area contributed by atoms with Gasteiger partial charge in [0, 0.05) is 19.0 Å². The van der Waals surface area contributed by atoms with Gasteiger partial charge in [-0.15, -0.1) is 0 Å². The summed E-state index contributed by atoms with van der Waals surface area (Å²) in [5.74, 6) is 0. The predicted molar refractivity (Wildman–Crippen MR) is 53.8 cm³/mol. The lowest BCUT2D eigenvalue weighted by molar-refractivity contribution is -0.222. The lowest BCUT2D eigenvalue weighted by Crippen LogP contribution is -2.60. The summed E-state index contributed by atoms with van der Waals surface area (Å²) < 4.78 is 5.91. The topological polar surface area (TPSA) is 12.5 Å². The first-order valence-corrected chi connectivity index (χ1v) is 5.53. The lowest BCUT2D eigenvalue weighted by Gasteiger charge is -2.52. The van der Waals surface area contributed by atoms with Crippen molar-refractivity contribution in [1.82, 2.24) is 4.90 Å². The zero-order valence-corrected chi connectivity index (χ0v) is 9.05. The third-order valence-corrected chi connectivity index (χ3v) is 3.41. The maximum Gasteiger partial charge on any atom is 0.0837 e. The van der Waals surface area contributed by atoms with E-state index in [0.717, 1.165) is 6.54 Å². The molecule has 2 heterocycles. The molecular weight excluding hydrogens is 162 g/mol. The van der Waals surface area contributed by atoms with E-state index in [-0.39, 0.29) is 5.60 Å². The molecule has 2 unspecified atom stereocenters. The van der Waals surface area contributed by atoms with Gasteiger partial charge in [-0.05, 0) is 40.2 Å². The van der Waals surface area contributed by atoms with Crippen molar-refractivity contribution in [2.75, 3.05) is 13.1 Å². The Hall–Kier alpha value is -0.0800. The van der Waals surface area contributed by atoms with Crippen molar-refractivity contribution >= 4 is 0 Å². The molecule has 2 atom stereocenters. The molecule has 0 aliphatic carbocycles. The first-order valence-electron chi connectivity index (χ1n) is 5.53. The van der Waals surface area contributed by atoms with Crippen molar-refractivity contribution in [3.8, 4) is 0 Å². The molecule has 0 aromatic heterocycles. The summed E-state index contributed by atoms with van der Waals surface area (Å²) in [6, 6.07) is 0.677. The fraction of sp³-hybridized carbons (Fsp3) is 1.00. The molecule has 0 aromatic rings. The fourth-order valence-corrected chi connectivity index (χ4v) is 2.78. The summed E-state index contributed by atoms with van der Waals surface area (Å²) in [7, 11) is 0. The van der Waals surface area contributed by atoms with E-state index in [1.165, 1.54) is 25.8 Å². The Kier molecular flexibility index (Phi) is 2.37. The van der Waals surface area contributed by atoms with Gasteiger partial charge in [0.15, 0.2) is 0 Å². The van der Waals surface area contributed by atoms with Crippen LogP contribution in [0, 0.1) is 0 Å². The SMILES string of the molecule is CC1CC2(CCCN(C(C)C)C2)O1. The average Bonchev–Trinajstić information content (AvgIpc) is 2.02. The van der Waals surface area contributed by atoms with Crippen LogP contribution in [0.3, 0.4) is 0 Å².